The lowest BCUT2D eigenvalue weighted by Crippen LogP contribution is -2.07. The summed E-state index contributed by atoms with van der Waals surface area (Å²) in [5, 5.41) is 16.2. The van der Waals surface area contributed by atoms with Crippen LogP contribution in [-0.4, -0.2) is 15.8 Å². The lowest BCUT2D eigenvalue weighted by molar-refractivity contribution is -0.402. The number of carbonyl (C=O) groups excluding carboxylic acids is 1. The van der Waals surface area contributed by atoms with Gasteiger partial charge in [-0.3, -0.25) is 14.9 Å². The molecule has 7 nitrogen and oxygen atoms in total. The normalized spacial score (nSPS) is 10.9. The number of amides is 1. The third-order valence-corrected chi connectivity index (χ3v) is 4.03. The van der Waals surface area contributed by atoms with Crippen molar-refractivity contribution >= 4 is 34.9 Å². The van der Waals surface area contributed by atoms with E-state index in [1.54, 1.807) is 23.5 Å². The number of nitrogens with zero attached hydrogens (tertiary/aromatic N) is 2. The topological polar surface area (TPSA) is 98.3 Å². The van der Waals surface area contributed by atoms with E-state index in [1.165, 1.54) is 24.3 Å². The van der Waals surface area contributed by atoms with E-state index in [1.807, 2.05) is 24.4 Å². The van der Waals surface area contributed by atoms with Gasteiger partial charge < -0.3 is 9.73 Å². The van der Waals surface area contributed by atoms with Crippen LogP contribution >= 0.6 is 11.3 Å². The molecule has 0 spiro atoms. The molecule has 0 aliphatic carbocycles. The lowest BCUT2D eigenvalue weighted by atomic mass is 10.1. The first kappa shape index (κ1) is 16.6. The number of aromatic nitrogens is 1. The molecule has 8 heteroatoms. The molecule has 3 rings (SSSR count). The Hall–Kier alpha value is -3.26. The van der Waals surface area contributed by atoms with E-state index in [9.17, 15) is 14.9 Å². The predicted molar refractivity (Wildman–Crippen MR) is 95.3 cm³/mol. The van der Waals surface area contributed by atoms with E-state index in [0.29, 0.717) is 5.69 Å². The fraction of sp³-hybridized carbons (Fsp3) is 0.0588. The highest BCUT2D eigenvalue weighted by atomic mass is 32.1. The first-order chi connectivity index (χ1) is 12.0. The van der Waals surface area contributed by atoms with E-state index in [4.69, 9.17) is 4.42 Å². The van der Waals surface area contributed by atoms with Gasteiger partial charge in [-0.25, -0.2) is 4.98 Å². The van der Waals surface area contributed by atoms with Gasteiger partial charge in [-0.1, -0.05) is 12.1 Å². The third kappa shape index (κ3) is 4.18. The molecule has 0 saturated carbocycles. The van der Waals surface area contributed by atoms with Crippen LogP contribution in [0, 0.1) is 17.0 Å². The van der Waals surface area contributed by atoms with E-state index in [0.717, 1.165) is 16.3 Å². The lowest BCUT2D eigenvalue weighted by Gasteiger charge is -2.03. The van der Waals surface area contributed by atoms with Crippen molar-refractivity contribution in [3.8, 4) is 11.3 Å². The molecule has 2 aromatic heterocycles. The summed E-state index contributed by atoms with van der Waals surface area (Å²) < 4.78 is 4.94. The van der Waals surface area contributed by atoms with Crippen molar-refractivity contribution in [2.24, 2.45) is 0 Å². The number of anilines is 1. The third-order valence-electron chi connectivity index (χ3n) is 3.26. The number of thiazole rings is 1. The minimum absolute atomic E-state index is 0.232. The minimum Gasteiger partial charge on any atom is -0.401 e. The Labute approximate surface area is 146 Å². The van der Waals surface area contributed by atoms with E-state index < -0.39 is 4.92 Å². The molecule has 126 valence electrons. The molecule has 0 unspecified atom stereocenters. The Balaban J connectivity index is 1.62. The van der Waals surface area contributed by atoms with Gasteiger partial charge in [0.25, 0.3) is 0 Å². The zero-order chi connectivity index (χ0) is 17.8. The van der Waals surface area contributed by atoms with Gasteiger partial charge in [0.1, 0.15) is 10.7 Å². The standard InChI is InChI=1S/C17H13N3O4S/c1-11-18-15(10-25-11)12-2-4-13(5-3-12)19-16(21)8-6-14-7-9-17(24-14)20(22)23/h2-10H,1H3,(H,19,21)/b8-6+. The number of furan rings is 1. The highest BCUT2D eigenvalue weighted by Crippen LogP contribution is 2.23. The summed E-state index contributed by atoms with van der Waals surface area (Å²) in [6.07, 6.45) is 2.62. The summed E-state index contributed by atoms with van der Waals surface area (Å²) in [5.74, 6) is -0.500. The van der Waals surface area contributed by atoms with Crippen molar-refractivity contribution in [2.75, 3.05) is 5.32 Å². The molecule has 0 saturated heterocycles. The predicted octanol–water partition coefficient (Wildman–Crippen LogP) is 4.27. The van der Waals surface area contributed by atoms with Crippen molar-refractivity contribution < 1.29 is 14.1 Å². The van der Waals surface area contributed by atoms with Crippen LogP contribution in [0.15, 0.2) is 52.3 Å². The largest absolute Gasteiger partial charge is 0.433 e. The van der Waals surface area contributed by atoms with Crippen molar-refractivity contribution in [1.29, 1.82) is 0 Å². The monoisotopic (exact) mass is 355 g/mol. The maximum absolute atomic E-state index is 11.9. The van der Waals surface area contributed by atoms with Gasteiger partial charge in [0.2, 0.25) is 5.91 Å². The fourth-order valence-electron chi connectivity index (χ4n) is 2.09. The molecule has 0 bridgehead atoms. The minimum atomic E-state index is -0.636. The second-order valence-corrected chi connectivity index (χ2v) is 6.15. The van der Waals surface area contributed by atoms with Crippen LogP contribution in [0.4, 0.5) is 11.6 Å². The average Bonchev–Trinajstić information content (AvgIpc) is 3.23. The molecule has 0 radical (unpaired) electrons. The summed E-state index contributed by atoms with van der Waals surface area (Å²) >= 11 is 1.58. The number of nitrogens with one attached hydrogen (secondary N) is 1. The highest BCUT2D eigenvalue weighted by Gasteiger charge is 2.10. The number of nitro groups is 1. The number of hydrogen-bond donors (Lipinski definition) is 1. The van der Waals surface area contributed by atoms with Crippen LogP contribution in [0.1, 0.15) is 10.8 Å². The van der Waals surface area contributed by atoms with Crippen LogP contribution in [-0.2, 0) is 4.79 Å². The Morgan fingerprint density at radius 2 is 2.04 bits per heavy atom. The maximum Gasteiger partial charge on any atom is 0.433 e. The van der Waals surface area contributed by atoms with Gasteiger partial charge in [-0.05, 0) is 31.2 Å². The number of aryl methyl sites for hydroxylation is 1. The van der Waals surface area contributed by atoms with Gasteiger partial charge in [-0.2, -0.15) is 0 Å². The van der Waals surface area contributed by atoms with Gasteiger partial charge in [0.05, 0.1) is 16.8 Å². The number of benzene rings is 1. The zero-order valence-electron chi connectivity index (χ0n) is 13.1. The van der Waals surface area contributed by atoms with E-state index in [2.05, 4.69) is 10.3 Å². The summed E-state index contributed by atoms with van der Waals surface area (Å²) in [7, 11) is 0. The summed E-state index contributed by atoms with van der Waals surface area (Å²) in [6, 6.07) is 9.98. The van der Waals surface area contributed by atoms with Crippen LogP contribution in [0.3, 0.4) is 0 Å². The number of carbonyl (C=O) groups is 1. The molecule has 0 aliphatic heterocycles. The average molecular weight is 355 g/mol. The first-order valence-corrected chi connectivity index (χ1v) is 8.15. The number of rotatable bonds is 5. The molecule has 1 N–H and O–H groups in total. The molecule has 0 aliphatic rings. The Kier molecular flexibility index (Phi) is 4.71. The molecule has 0 fully saturated rings. The molecule has 25 heavy (non-hydrogen) atoms. The molecular weight excluding hydrogens is 342 g/mol. The van der Waals surface area contributed by atoms with Gasteiger partial charge in [0.15, 0.2) is 0 Å². The van der Waals surface area contributed by atoms with Crippen molar-refractivity contribution in [3.05, 3.63) is 68.7 Å². The van der Waals surface area contributed by atoms with Crippen LogP contribution < -0.4 is 5.32 Å². The molecular formula is C17H13N3O4S. The molecule has 1 amide bonds. The quantitative estimate of drug-likeness (QED) is 0.418. The smallest absolute Gasteiger partial charge is 0.401 e. The van der Waals surface area contributed by atoms with Gasteiger partial charge in [-0.15, -0.1) is 11.3 Å². The summed E-state index contributed by atoms with van der Waals surface area (Å²) in [4.78, 5) is 26.2. The Morgan fingerprint density at radius 1 is 1.28 bits per heavy atom. The van der Waals surface area contributed by atoms with E-state index >= 15 is 0 Å². The fourth-order valence-corrected chi connectivity index (χ4v) is 2.71. The molecule has 2 heterocycles. The van der Waals surface area contributed by atoms with Crippen LogP contribution in [0.25, 0.3) is 17.3 Å². The van der Waals surface area contributed by atoms with Crippen LogP contribution in [0.2, 0.25) is 0 Å². The van der Waals surface area contributed by atoms with Crippen molar-refractivity contribution in [2.45, 2.75) is 6.92 Å². The summed E-state index contributed by atoms with van der Waals surface area (Å²) in [5.41, 5.74) is 2.51. The Bertz CT molecular complexity index is 941. The Morgan fingerprint density at radius 3 is 2.64 bits per heavy atom. The first-order valence-electron chi connectivity index (χ1n) is 7.27. The molecule has 0 atom stereocenters. The zero-order valence-corrected chi connectivity index (χ0v) is 13.9. The van der Waals surface area contributed by atoms with Crippen molar-refractivity contribution in [1.82, 2.24) is 4.98 Å². The van der Waals surface area contributed by atoms with Gasteiger partial charge in [0, 0.05) is 22.7 Å². The van der Waals surface area contributed by atoms with E-state index in [-0.39, 0.29) is 17.6 Å². The number of hydrogen-bond acceptors (Lipinski definition) is 6. The summed E-state index contributed by atoms with van der Waals surface area (Å²) in [6.45, 7) is 1.95. The second-order valence-electron chi connectivity index (χ2n) is 5.08. The van der Waals surface area contributed by atoms with Gasteiger partial charge >= 0.3 is 5.88 Å². The van der Waals surface area contributed by atoms with Crippen LogP contribution in [0.5, 0.6) is 0 Å². The maximum atomic E-state index is 11.9. The second kappa shape index (κ2) is 7.10. The SMILES string of the molecule is Cc1nc(-c2ccc(NC(=O)/C=C/c3ccc([N+](=O)[O-])o3)cc2)cs1. The molecule has 1 aromatic carbocycles. The van der Waals surface area contributed by atoms with Crippen molar-refractivity contribution in [3.63, 3.8) is 0 Å². The highest BCUT2D eigenvalue weighted by molar-refractivity contribution is 7.09. The molecule has 3 aromatic rings.